The van der Waals surface area contributed by atoms with Crippen LogP contribution in [0.2, 0.25) is 0 Å². The highest BCUT2D eigenvalue weighted by Gasteiger charge is 2.46. The van der Waals surface area contributed by atoms with Gasteiger partial charge in [-0.25, -0.2) is 0 Å². The van der Waals surface area contributed by atoms with Crippen molar-refractivity contribution in [3.8, 4) is 11.8 Å². The van der Waals surface area contributed by atoms with E-state index in [4.69, 9.17) is 4.74 Å². The third kappa shape index (κ3) is 3.37. The highest BCUT2D eigenvalue weighted by atomic mass is 16.5. The molecule has 1 N–H and O–H groups in total. The molecule has 2 rings (SSSR count). The van der Waals surface area contributed by atoms with E-state index in [9.17, 15) is 5.11 Å². The van der Waals surface area contributed by atoms with E-state index in [-0.39, 0.29) is 5.41 Å². The maximum Gasteiger partial charge on any atom is 0.108 e. The van der Waals surface area contributed by atoms with E-state index in [2.05, 4.69) is 11.8 Å². The number of hydrogen-bond donors (Lipinski definition) is 1. The lowest BCUT2D eigenvalue weighted by molar-refractivity contribution is -0.00445. The normalized spacial score (nSPS) is 29.8. The molecule has 0 unspecified atom stereocenters. The molecule has 102 valence electrons. The summed E-state index contributed by atoms with van der Waals surface area (Å²) in [6, 6.07) is 10.1. The summed E-state index contributed by atoms with van der Waals surface area (Å²) in [4.78, 5) is 0. The third-order valence-corrected chi connectivity index (χ3v) is 4.18. The SMILES string of the molecule is C[C@]1(O)CCC[C@@]1(C)C#CCOCc1ccccc1. The van der Waals surface area contributed by atoms with Crippen molar-refractivity contribution in [2.45, 2.75) is 45.3 Å². The molecule has 2 atom stereocenters. The molecule has 2 heteroatoms. The van der Waals surface area contributed by atoms with Crippen LogP contribution in [-0.4, -0.2) is 17.3 Å². The first-order valence-electron chi connectivity index (χ1n) is 6.88. The monoisotopic (exact) mass is 258 g/mol. The van der Waals surface area contributed by atoms with Crippen molar-refractivity contribution < 1.29 is 9.84 Å². The Morgan fingerprint density at radius 3 is 2.58 bits per heavy atom. The molecule has 1 saturated carbocycles. The van der Waals surface area contributed by atoms with Crippen LogP contribution in [0.5, 0.6) is 0 Å². The number of ether oxygens (including phenoxy) is 1. The molecule has 2 nitrogen and oxygen atoms in total. The Bertz CT molecular complexity index is 467. The van der Waals surface area contributed by atoms with E-state index < -0.39 is 5.60 Å². The minimum absolute atomic E-state index is 0.289. The zero-order valence-electron chi connectivity index (χ0n) is 11.8. The summed E-state index contributed by atoms with van der Waals surface area (Å²) in [7, 11) is 0. The minimum Gasteiger partial charge on any atom is -0.389 e. The molecule has 0 amide bonds. The lowest BCUT2D eigenvalue weighted by Gasteiger charge is -2.31. The van der Waals surface area contributed by atoms with E-state index in [0.717, 1.165) is 24.8 Å². The fourth-order valence-electron chi connectivity index (χ4n) is 2.55. The molecule has 1 fully saturated rings. The first-order chi connectivity index (χ1) is 9.04. The molecule has 0 saturated heterocycles. The Labute approximate surface area is 115 Å². The van der Waals surface area contributed by atoms with Crippen molar-refractivity contribution in [1.82, 2.24) is 0 Å². The van der Waals surface area contributed by atoms with Gasteiger partial charge in [0.05, 0.1) is 17.6 Å². The molecule has 0 bridgehead atoms. The van der Waals surface area contributed by atoms with Crippen molar-refractivity contribution >= 4 is 0 Å². The van der Waals surface area contributed by atoms with Crippen LogP contribution in [0, 0.1) is 17.3 Å². The zero-order valence-corrected chi connectivity index (χ0v) is 11.8. The summed E-state index contributed by atoms with van der Waals surface area (Å²) in [5.41, 5.74) is 0.200. The van der Waals surface area contributed by atoms with Crippen molar-refractivity contribution in [2.24, 2.45) is 5.41 Å². The molecular formula is C17H22O2. The summed E-state index contributed by atoms with van der Waals surface area (Å²) >= 11 is 0. The van der Waals surface area contributed by atoms with Gasteiger partial charge < -0.3 is 9.84 Å². The Morgan fingerprint density at radius 2 is 1.95 bits per heavy atom. The zero-order chi connectivity index (χ0) is 13.8. The van der Waals surface area contributed by atoms with Gasteiger partial charge in [0, 0.05) is 0 Å². The maximum atomic E-state index is 10.3. The number of aliphatic hydroxyl groups is 1. The number of rotatable bonds is 3. The van der Waals surface area contributed by atoms with Gasteiger partial charge in [0.1, 0.15) is 6.61 Å². The van der Waals surface area contributed by atoms with Gasteiger partial charge in [0.15, 0.2) is 0 Å². The number of hydrogen-bond acceptors (Lipinski definition) is 2. The average Bonchev–Trinajstić information content (AvgIpc) is 2.65. The molecule has 1 aromatic carbocycles. The Kier molecular flexibility index (Phi) is 4.29. The average molecular weight is 258 g/mol. The fourth-order valence-corrected chi connectivity index (χ4v) is 2.55. The topological polar surface area (TPSA) is 29.5 Å². The maximum absolute atomic E-state index is 10.3. The Morgan fingerprint density at radius 1 is 1.21 bits per heavy atom. The molecule has 0 spiro atoms. The van der Waals surface area contributed by atoms with Gasteiger partial charge in [0.2, 0.25) is 0 Å². The minimum atomic E-state index is -0.667. The Hall–Kier alpha value is -1.30. The molecule has 1 aliphatic rings. The predicted octanol–water partition coefficient (Wildman–Crippen LogP) is 3.15. The van der Waals surface area contributed by atoms with E-state index in [0.29, 0.717) is 13.2 Å². The van der Waals surface area contributed by atoms with Crippen LogP contribution in [0.3, 0.4) is 0 Å². The summed E-state index contributed by atoms with van der Waals surface area (Å²) < 4.78 is 5.54. The summed E-state index contributed by atoms with van der Waals surface area (Å²) in [5.74, 6) is 6.27. The fraction of sp³-hybridized carbons (Fsp3) is 0.529. The van der Waals surface area contributed by atoms with Gasteiger partial charge in [-0.1, -0.05) is 42.2 Å². The largest absolute Gasteiger partial charge is 0.389 e. The van der Waals surface area contributed by atoms with Crippen LogP contribution >= 0.6 is 0 Å². The van der Waals surface area contributed by atoms with Crippen LogP contribution in [-0.2, 0) is 11.3 Å². The second-order valence-corrected chi connectivity index (χ2v) is 5.74. The molecule has 0 radical (unpaired) electrons. The smallest absolute Gasteiger partial charge is 0.108 e. The van der Waals surface area contributed by atoms with Crippen molar-refractivity contribution in [2.75, 3.05) is 6.61 Å². The lowest BCUT2D eigenvalue weighted by atomic mass is 9.78. The summed E-state index contributed by atoms with van der Waals surface area (Å²) in [6.45, 7) is 4.94. The third-order valence-electron chi connectivity index (χ3n) is 4.18. The molecule has 1 aliphatic carbocycles. The van der Waals surface area contributed by atoms with Gasteiger partial charge in [-0.05, 0) is 38.7 Å². The van der Waals surface area contributed by atoms with Gasteiger partial charge >= 0.3 is 0 Å². The van der Waals surface area contributed by atoms with Crippen molar-refractivity contribution in [3.63, 3.8) is 0 Å². The van der Waals surface area contributed by atoms with Gasteiger partial charge in [-0.15, -0.1) is 0 Å². The van der Waals surface area contributed by atoms with Gasteiger partial charge in [0.25, 0.3) is 0 Å². The quantitative estimate of drug-likeness (QED) is 0.666. The molecule has 0 aliphatic heterocycles. The standard InChI is InChI=1S/C17H22O2/c1-16(10-6-12-17(16,2)18)11-7-13-19-14-15-8-4-3-5-9-15/h3-5,8-9,18H,6,10,12-14H2,1-2H3/t16-,17-/m0/s1. The molecule has 1 aromatic rings. The summed E-state index contributed by atoms with van der Waals surface area (Å²) in [5, 5.41) is 10.3. The van der Waals surface area contributed by atoms with E-state index in [1.807, 2.05) is 44.2 Å². The van der Waals surface area contributed by atoms with Crippen molar-refractivity contribution in [3.05, 3.63) is 35.9 Å². The highest BCUT2D eigenvalue weighted by Crippen LogP contribution is 2.45. The van der Waals surface area contributed by atoms with E-state index >= 15 is 0 Å². The second-order valence-electron chi connectivity index (χ2n) is 5.74. The van der Waals surface area contributed by atoms with Crippen LogP contribution in [0.25, 0.3) is 0 Å². The lowest BCUT2D eigenvalue weighted by Crippen LogP contribution is -2.37. The molecular weight excluding hydrogens is 236 g/mol. The molecule has 0 heterocycles. The van der Waals surface area contributed by atoms with Crippen LogP contribution < -0.4 is 0 Å². The van der Waals surface area contributed by atoms with Crippen LogP contribution in [0.1, 0.15) is 38.7 Å². The first-order valence-corrected chi connectivity index (χ1v) is 6.88. The van der Waals surface area contributed by atoms with E-state index in [1.54, 1.807) is 0 Å². The second kappa shape index (κ2) is 5.77. The van der Waals surface area contributed by atoms with Gasteiger partial charge in [-0.2, -0.15) is 0 Å². The van der Waals surface area contributed by atoms with Crippen molar-refractivity contribution in [1.29, 1.82) is 0 Å². The van der Waals surface area contributed by atoms with Crippen LogP contribution in [0.4, 0.5) is 0 Å². The first kappa shape index (κ1) is 14.1. The summed E-state index contributed by atoms with van der Waals surface area (Å²) in [6.07, 6.45) is 2.85. The van der Waals surface area contributed by atoms with Crippen LogP contribution in [0.15, 0.2) is 30.3 Å². The predicted molar refractivity (Wildman–Crippen MR) is 76.5 cm³/mol. The van der Waals surface area contributed by atoms with Gasteiger partial charge in [-0.3, -0.25) is 0 Å². The number of benzene rings is 1. The highest BCUT2D eigenvalue weighted by molar-refractivity contribution is 5.19. The van der Waals surface area contributed by atoms with E-state index in [1.165, 1.54) is 0 Å². The molecule has 19 heavy (non-hydrogen) atoms. The Balaban J connectivity index is 1.82. The molecule has 0 aromatic heterocycles.